The second-order valence-corrected chi connectivity index (χ2v) is 5.66. The SMILES string of the molecule is CCN(C(=S)CCc1nnnn1C)C1CCCCC1. The van der Waals surface area contributed by atoms with Gasteiger partial charge in [-0.2, -0.15) is 0 Å². The topological polar surface area (TPSA) is 46.8 Å². The summed E-state index contributed by atoms with van der Waals surface area (Å²) in [5, 5.41) is 11.5. The van der Waals surface area contributed by atoms with Crippen molar-refractivity contribution in [1.82, 2.24) is 25.1 Å². The van der Waals surface area contributed by atoms with Gasteiger partial charge >= 0.3 is 0 Å². The summed E-state index contributed by atoms with van der Waals surface area (Å²) in [6.07, 6.45) is 8.35. The number of rotatable bonds is 5. The largest absolute Gasteiger partial charge is 0.363 e. The Morgan fingerprint density at radius 3 is 2.68 bits per heavy atom. The van der Waals surface area contributed by atoms with E-state index < -0.39 is 0 Å². The maximum absolute atomic E-state index is 5.62. The summed E-state index contributed by atoms with van der Waals surface area (Å²) in [6, 6.07) is 0.656. The van der Waals surface area contributed by atoms with Crippen molar-refractivity contribution < 1.29 is 0 Å². The normalized spacial score (nSPS) is 16.5. The van der Waals surface area contributed by atoms with Gasteiger partial charge in [0.2, 0.25) is 0 Å². The zero-order chi connectivity index (χ0) is 13.7. The molecule has 1 aromatic rings. The van der Waals surface area contributed by atoms with Gasteiger partial charge < -0.3 is 4.90 Å². The van der Waals surface area contributed by atoms with Crippen molar-refractivity contribution in [1.29, 1.82) is 0 Å². The summed E-state index contributed by atoms with van der Waals surface area (Å²) in [5.41, 5.74) is 0. The Morgan fingerprint density at radius 2 is 2.11 bits per heavy atom. The summed E-state index contributed by atoms with van der Waals surface area (Å²) in [7, 11) is 1.87. The van der Waals surface area contributed by atoms with Gasteiger partial charge in [-0.05, 0) is 30.2 Å². The van der Waals surface area contributed by atoms with Crippen LogP contribution in [0, 0.1) is 0 Å². The highest BCUT2D eigenvalue weighted by Gasteiger charge is 2.21. The third kappa shape index (κ3) is 3.72. The standard InChI is InChI=1S/C13H23N5S/c1-3-18(11-7-5-4-6-8-11)13(19)10-9-12-14-15-16-17(12)2/h11H,3-10H2,1-2H3. The molecule has 106 valence electrons. The molecule has 0 N–H and O–H groups in total. The Hall–Kier alpha value is -1.04. The molecule has 0 amide bonds. The molecular formula is C13H23N5S. The van der Waals surface area contributed by atoms with E-state index in [1.165, 1.54) is 32.1 Å². The number of thiocarbonyl (C=S) groups is 1. The van der Waals surface area contributed by atoms with Crippen LogP contribution in [0.3, 0.4) is 0 Å². The van der Waals surface area contributed by atoms with Gasteiger partial charge in [0, 0.05) is 32.5 Å². The fourth-order valence-electron chi connectivity index (χ4n) is 2.85. The molecule has 0 saturated heterocycles. The molecule has 6 heteroatoms. The van der Waals surface area contributed by atoms with Crippen LogP contribution in [0.25, 0.3) is 0 Å². The molecule has 19 heavy (non-hydrogen) atoms. The van der Waals surface area contributed by atoms with Crippen LogP contribution in [-0.2, 0) is 13.5 Å². The second-order valence-electron chi connectivity index (χ2n) is 5.19. The van der Waals surface area contributed by atoms with Gasteiger partial charge in [-0.1, -0.05) is 31.5 Å². The van der Waals surface area contributed by atoms with E-state index in [-0.39, 0.29) is 0 Å². The molecule has 0 bridgehead atoms. The van der Waals surface area contributed by atoms with Crippen molar-refractivity contribution in [3.63, 3.8) is 0 Å². The van der Waals surface area contributed by atoms with Crippen molar-refractivity contribution in [3.8, 4) is 0 Å². The zero-order valence-electron chi connectivity index (χ0n) is 11.9. The molecule has 1 heterocycles. The van der Waals surface area contributed by atoms with Gasteiger partial charge in [-0.15, -0.1) is 5.10 Å². The average Bonchev–Trinajstić information content (AvgIpc) is 2.84. The Morgan fingerprint density at radius 1 is 1.37 bits per heavy atom. The summed E-state index contributed by atoms with van der Waals surface area (Å²) in [6.45, 7) is 3.21. The van der Waals surface area contributed by atoms with Crippen molar-refractivity contribution in [2.24, 2.45) is 7.05 Å². The van der Waals surface area contributed by atoms with E-state index in [9.17, 15) is 0 Å². The number of hydrogen-bond acceptors (Lipinski definition) is 4. The van der Waals surface area contributed by atoms with Crippen LogP contribution in [0.5, 0.6) is 0 Å². The van der Waals surface area contributed by atoms with Gasteiger partial charge in [0.15, 0.2) is 5.82 Å². The maximum atomic E-state index is 5.62. The molecule has 0 aliphatic heterocycles. The van der Waals surface area contributed by atoms with E-state index in [4.69, 9.17) is 12.2 Å². The van der Waals surface area contributed by atoms with Gasteiger partial charge in [-0.3, -0.25) is 0 Å². The fraction of sp³-hybridized carbons (Fsp3) is 0.846. The summed E-state index contributed by atoms with van der Waals surface area (Å²) >= 11 is 5.62. The molecule has 1 aliphatic rings. The second kappa shape index (κ2) is 6.93. The lowest BCUT2D eigenvalue weighted by Gasteiger charge is -2.35. The lowest BCUT2D eigenvalue weighted by atomic mass is 9.94. The molecule has 1 saturated carbocycles. The van der Waals surface area contributed by atoms with E-state index in [1.54, 1.807) is 4.68 Å². The van der Waals surface area contributed by atoms with Crippen LogP contribution in [-0.4, -0.2) is 42.7 Å². The van der Waals surface area contributed by atoms with Crippen LogP contribution in [0.4, 0.5) is 0 Å². The molecule has 1 fully saturated rings. The van der Waals surface area contributed by atoms with Crippen LogP contribution >= 0.6 is 12.2 Å². The van der Waals surface area contributed by atoms with E-state index in [1.807, 2.05) is 7.05 Å². The molecule has 1 aromatic heterocycles. The van der Waals surface area contributed by atoms with Crippen molar-refractivity contribution in [2.45, 2.75) is 57.9 Å². The van der Waals surface area contributed by atoms with Crippen LogP contribution in [0.1, 0.15) is 51.3 Å². The summed E-state index contributed by atoms with van der Waals surface area (Å²) < 4.78 is 1.72. The van der Waals surface area contributed by atoms with E-state index >= 15 is 0 Å². The average molecular weight is 281 g/mol. The molecule has 0 aromatic carbocycles. The monoisotopic (exact) mass is 281 g/mol. The van der Waals surface area contributed by atoms with Gasteiger partial charge in [0.25, 0.3) is 0 Å². The van der Waals surface area contributed by atoms with Gasteiger partial charge in [0.1, 0.15) is 0 Å². The van der Waals surface area contributed by atoms with Crippen molar-refractivity contribution in [2.75, 3.05) is 6.54 Å². The van der Waals surface area contributed by atoms with Gasteiger partial charge in [-0.25, -0.2) is 4.68 Å². The quantitative estimate of drug-likeness (QED) is 0.774. The van der Waals surface area contributed by atoms with E-state index in [0.717, 1.165) is 30.2 Å². The van der Waals surface area contributed by atoms with Crippen LogP contribution in [0.15, 0.2) is 0 Å². The molecule has 2 rings (SSSR count). The van der Waals surface area contributed by atoms with Gasteiger partial charge in [0.05, 0.1) is 4.99 Å². The number of aryl methyl sites for hydroxylation is 2. The number of aromatic nitrogens is 4. The smallest absolute Gasteiger partial charge is 0.151 e. The first-order valence-corrected chi connectivity index (χ1v) is 7.64. The van der Waals surface area contributed by atoms with Crippen molar-refractivity contribution >= 4 is 17.2 Å². The fourth-order valence-corrected chi connectivity index (χ4v) is 3.23. The number of nitrogens with zero attached hydrogens (tertiary/aromatic N) is 5. The summed E-state index contributed by atoms with van der Waals surface area (Å²) in [5.74, 6) is 0.905. The molecule has 0 atom stereocenters. The molecule has 1 aliphatic carbocycles. The lowest BCUT2D eigenvalue weighted by molar-refractivity contribution is 0.252. The Bertz CT molecular complexity index is 411. The lowest BCUT2D eigenvalue weighted by Crippen LogP contribution is -2.40. The highest BCUT2D eigenvalue weighted by atomic mass is 32.1. The molecule has 0 unspecified atom stereocenters. The first-order chi connectivity index (χ1) is 9.22. The number of hydrogen-bond donors (Lipinski definition) is 0. The molecule has 0 radical (unpaired) electrons. The Labute approximate surface area is 120 Å². The highest BCUT2D eigenvalue weighted by Crippen LogP contribution is 2.23. The minimum atomic E-state index is 0.656. The molecular weight excluding hydrogens is 258 g/mol. The third-order valence-electron chi connectivity index (χ3n) is 3.95. The maximum Gasteiger partial charge on any atom is 0.151 e. The highest BCUT2D eigenvalue weighted by molar-refractivity contribution is 7.80. The summed E-state index contributed by atoms with van der Waals surface area (Å²) in [4.78, 5) is 3.48. The predicted molar refractivity (Wildman–Crippen MR) is 79.0 cm³/mol. The predicted octanol–water partition coefficient (Wildman–Crippen LogP) is 2.12. The minimum Gasteiger partial charge on any atom is -0.363 e. The zero-order valence-corrected chi connectivity index (χ0v) is 12.7. The minimum absolute atomic E-state index is 0.656. The van der Waals surface area contributed by atoms with E-state index in [0.29, 0.717) is 6.04 Å². The Balaban J connectivity index is 1.87. The first kappa shape index (κ1) is 14.4. The van der Waals surface area contributed by atoms with Crippen molar-refractivity contribution in [3.05, 3.63) is 5.82 Å². The Kier molecular flexibility index (Phi) is 5.24. The molecule has 5 nitrogen and oxygen atoms in total. The number of tetrazole rings is 1. The van der Waals surface area contributed by atoms with E-state index in [2.05, 4.69) is 27.3 Å². The molecule has 0 spiro atoms. The third-order valence-corrected chi connectivity index (χ3v) is 4.39. The van der Waals surface area contributed by atoms with Crippen LogP contribution < -0.4 is 0 Å². The van der Waals surface area contributed by atoms with Crippen LogP contribution in [0.2, 0.25) is 0 Å². The first-order valence-electron chi connectivity index (χ1n) is 7.23.